The second-order valence-electron chi connectivity index (χ2n) is 9.12. The third-order valence-electron chi connectivity index (χ3n) is 5.55. The van der Waals surface area contributed by atoms with Crippen LogP contribution in [0.3, 0.4) is 0 Å². The molecule has 0 aromatic carbocycles. The van der Waals surface area contributed by atoms with Crippen LogP contribution in [0.1, 0.15) is 122 Å². The lowest BCUT2D eigenvalue weighted by atomic mass is 10.0. The average Bonchev–Trinajstić information content (AvgIpc) is 2.84. The molecule has 214 valence electrons. The monoisotopic (exact) mass is 536 g/mol. The van der Waals surface area contributed by atoms with Crippen LogP contribution in [-0.2, 0) is 19.1 Å². The molecule has 0 rings (SSSR count). The van der Waals surface area contributed by atoms with Crippen LogP contribution in [0.25, 0.3) is 0 Å². The molecule has 0 fully saturated rings. The minimum Gasteiger partial charge on any atom is -0.481 e. The normalized spacial score (nSPS) is 11.4. The highest BCUT2D eigenvalue weighted by molar-refractivity contribution is 7.99. The smallest absolute Gasteiger partial charge is 0.305 e. The Labute approximate surface area is 222 Å². The summed E-state index contributed by atoms with van der Waals surface area (Å²) in [5.41, 5.74) is 0. The van der Waals surface area contributed by atoms with Crippen molar-refractivity contribution in [2.24, 2.45) is 0 Å². The highest BCUT2D eigenvalue weighted by Gasteiger charge is 2.07. The van der Waals surface area contributed by atoms with E-state index in [0.29, 0.717) is 17.9 Å². The summed E-state index contributed by atoms with van der Waals surface area (Å²) < 4.78 is 4.86. The summed E-state index contributed by atoms with van der Waals surface area (Å²) in [6.07, 6.45) is 19.2. The maximum Gasteiger partial charge on any atom is 0.305 e. The van der Waals surface area contributed by atoms with Crippen LogP contribution in [0.4, 0.5) is 0 Å². The predicted molar refractivity (Wildman–Crippen MR) is 145 cm³/mol. The molecule has 8 nitrogen and oxygen atoms in total. The number of hydrogen-bond acceptors (Lipinski definition) is 7. The van der Waals surface area contributed by atoms with E-state index >= 15 is 0 Å². The topological polar surface area (TPSA) is 141 Å². The van der Waals surface area contributed by atoms with Crippen LogP contribution in [0.5, 0.6) is 0 Å². The Morgan fingerprint density at radius 3 is 1.42 bits per heavy atom. The number of ether oxygens (including phenoxy) is 1. The van der Waals surface area contributed by atoms with Gasteiger partial charge in [-0.2, -0.15) is 11.8 Å². The fraction of sp³-hybridized carbons (Fsp3) is 0.889. The first-order valence-corrected chi connectivity index (χ1v) is 14.9. The Hall–Kier alpha value is -1.32. The molecule has 1 unspecified atom stereocenters. The van der Waals surface area contributed by atoms with Gasteiger partial charge < -0.3 is 25.2 Å². The molecule has 36 heavy (non-hydrogen) atoms. The number of carboxylic acids is 2. The summed E-state index contributed by atoms with van der Waals surface area (Å²) in [6, 6.07) is 0. The Morgan fingerprint density at radius 1 is 0.667 bits per heavy atom. The van der Waals surface area contributed by atoms with Crippen molar-refractivity contribution in [2.75, 3.05) is 24.7 Å². The highest BCUT2D eigenvalue weighted by Crippen LogP contribution is 2.13. The number of hydrogen-bond donors (Lipinski definition) is 4. The Balaban J connectivity index is 0. The molecular weight excluding hydrogens is 484 g/mol. The first-order valence-electron chi connectivity index (χ1n) is 13.8. The summed E-state index contributed by atoms with van der Waals surface area (Å²) in [5, 5.41) is 34.1. The predicted octanol–water partition coefficient (Wildman–Crippen LogP) is 5.81. The van der Waals surface area contributed by atoms with E-state index < -0.39 is 18.0 Å². The maximum absolute atomic E-state index is 11.4. The molecule has 0 aliphatic rings. The van der Waals surface area contributed by atoms with Gasteiger partial charge in [0.15, 0.2) is 0 Å². The van der Waals surface area contributed by atoms with Gasteiger partial charge in [-0.1, -0.05) is 96.8 Å². The number of carboxylic acid groups (broad SMARTS) is 2. The SMILES string of the molecule is CCCCCCCCCCCCCCCCCC(=O)OCC(O)CO.O=C(O)CCSCCC(=O)O. The molecule has 0 heterocycles. The highest BCUT2D eigenvalue weighted by atomic mass is 32.2. The summed E-state index contributed by atoms with van der Waals surface area (Å²) in [7, 11) is 0. The number of esters is 1. The molecule has 0 aromatic rings. The number of aliphatic hydroxyl groups excluding tert-OH is 2. The van der Waals surface area contributed by atoms with Gasteiger partial charge in [0.25, 0.3) is 0 Å². The first kappa shape index (κ1) is 36.8. The minimum absolute atomic E-state index is 0.101. The van der Waals surface area contributed by atoms with E-state index in [1.165, 1.54) is 95.2 Å². The number of unbranched alkanes of at least 4 members (excludes halogenated alkanes) is 14. The van der Waals surface area contributed by atoms with Gasteiger partial charge in [0, 0.05) is 17.9 Å². The zero-order valence-electron chi connectivity index (χ0n) is 22.5. The van der Waals surface area contributed by atoms with Gasteiger partial charge >= 0.3 is 17.9 Å². The van der Waals surface area contributed by atoms with Crippen molar-refractivity contribution in [3.63, 3.8) is 0 Å². The van der Waals surface area contributed by atoms with Crippen LogP contribution in [0.15, 0.2) is 0 Å². The zero-order chi connectivity index (χ0) is 27.3. The average molecular weight is 537 g/mol. The second-order valence-corrected chi connectivity index (χ2v) is 10.3. The molecular formula is C27H52O8S. The Kier molecular flexibility index (Phi) is 30.6. The first-order chi connectivity index (χ1) is 17.3. The van der Waals surface area contributed by atoms with E-state index in [9.17, 15) is 14.4 Å². The number of carbonyl (C=O) groups excluding carboxylic acids is 1. The van der Waals surface area contributed by atoms with Gasteiger partial charge in [0.05, 0.1) is 19.4 Å². The molecule has 0 saturated carbocycles. The Bertz CT molecular complexity index is 500. The fourth-order valence-corrected chi connectivity index (χ4v) is 4.22. The molecule has 4 N–H and O–H groups in total. The molecule has 0 saturated heterocycles. The van der Waals surface area contributed by atoms with Crippen molar-refractivity contribution in [3.8, 4) is 0 Å². The number of carbonyl (C=O) groups is 3. The lowest BCUT2D eigenvalue weighted by Gasteiger charge is -2.08. The number of aliphatic hydroxyl groups is 2. The Morgan fingerprint density at radius 2 is 1.06 bits per heavy atom. The van der Waals surface area contributed by atoms with Gasteiger partial charge in [-0.3, -0.25) is 14.4 Å². The summed E-state index contributed by atoms with van der Waals surface area (Å²) in [6.45, 7) is 1.79. The second kappa shape index (κ2) is 29.9. The summed E-state index contributed by atoms with van der Waals surface area (Å²) >= 11 is 1.35. The largest absolute Gasteiger partial charge is 0.481 e. The van der Waals surface area contributed by atoms with Crippen molar-refractivity contribution in [1.29, 1.82) is 0 Å². The van der Waals surface area contributed by atoms with Gasteiger partial charge in [-0.25, -0.2) is 0 Å². The van der Waals surface area contributed by atoms with E-state index in [1.807, 2.05) is 0 Å². The van der Waals surface area contributed by atoms with Gasteiger partial charge in [-0.05, 0) is 6.42 Å². The zero-order valence-corrected chi connectivity index (χ0v) is 23.3. The van der Waals surface area contributed by atoms with Crippen molar-refractivity contribution in [3.05, 3.63) is 0 Å². The third-order valence-corrected chi connectivity index (χ3v) is 6.54. The maximum atomic E-state index is 11.4. The summed E-state index contributed by atoms with van der Waals surface area (Å²) in [5.74, 6) is -0.978. The molecule has 1 atom stereocenters. The van der Waals surface area contributed by atoms with E-state index in [4.69, 9.17) is 25.2 Å². The van der Waals surface area contributed by atoms with Crippen LogP contribution in [0.2, 0.25) is 0 Å². The van der Waals surface area contributed by atoms with Crippen molar-refractivity contribution >= 4 is 29.7 Å². The van der Waals surface area contributed by atoms with Crippen molar-refractivity contribution < 1.29 is 39.5 Å². The number of rotatable bonds is 25. The molecule has 0 aliphatic heterocycles. The number of thioether (sulfide) groups is 1. The van der Waals surface area contributed by atoms with Gasteiger partial charge in [0.2, 0.25) is 0 Å². The lowest BCUT2D eigenvalue weighted by molar-refractivity contribution is -0.147. The van der Waals surface area contributed by atoms with Crippen LogP contribution >= 0.6 is 11.8 Å². The molecule has 0 aliphatic carbocycles. The summed E-state index contributed by atoms with van der Waals surface area (Å²) in [4.78, 5) is 31.3. The molecule has 0 radical (unpaired) electrons. The van der Waals surface area contributed by atoms with Crippen molar-refractivity contribution in [2.45, 2.75) is 129 Å². The standard InChI is InChI=1S/C21H42O4.C6H10O4S/c1-2-3-4-5-6-7-8-9-10-11-12-13-14-15-16-17-21(24)25-19-20(23)18-22;7-5(8)1-3-11-4-2-6(9)10/h20,22-23H,2-19H2,1H3;1-4H2,(H,7,8)(H,9,10). The van der Waals surface area contributed by atoms with Crippen LogP contribution in [0, 0.1) is 0 Å². The molecule has 0 spiro atoms. The quantitative estimate of drug-likeness (QED) is 0.0839. The molecule has 0 bridgehead atoms. The fourth-order valence-electron chi connectivity index (χ4n) is 3.38. The molecule has 0 amide bonds. The molecule has 0 aromatic heterocycles. The third kappa shape index (κ3) is 34.8. The van der Waals surface area contributed by atoms with Crippen molar-refractivity contribution in [1.82, 2.24) is 0 Å². The van der Waals surface area contributed by atoms with E-state index in [-0.39, 0.29) is 32.0 Å². The van der Waals surface area contributed by atoms with E-state index in [2.05, 4.69) is 6.92 Å². The van der Waals surface area contributed by atoms with E-state index in [0.717, 1.165) is 12.8 Å². The van der Waals surface area contributed by atoms with Crippen LogP contribution in [-0.4, -0.2) is 69.2 Å². The number of aliphatic carboxylic acids is 2. The van der Waals surface area contributed by atoms with E-state index in [1.54, 1.807) is 0 Å². The lowest BCUT2D eigenvalue weighted by Crippen LogP contribution is -2.21. The minimum atomic E-state index is -0.954. The van der Waals surface area contributed by atoms with Crippen LogP contribution < -0.4 is 0 Å². The molecule has 9 heteroatoms. The van der Waals surface area contributed by atoms with Gasteiger partial charge in [-0.15, -0.1) is 0 Å². The van der Waals surface area contributed by atoms with Gasteiger partial charge in [0.1, 0.15) is 12.7 Å².